The number of carbonyl (C=O) groups is 2. The first-order chi connectivity index (χ1) is 14.1. The summed E-state index contributed by atoms with van der Waals surface area (Å²) in [6.07, 6.45) is 0.741. The van der Waals surface area contributed by atoms with Gasteiger partial charge in [-0.1, -0.05) is 60.7 Å². The van der Waals surface area contributed by atoms with E-state index in [1.807, 2.05) is 72.8 Å². The highest BCUT2D eigenvalue weighted by atomic mass is 127. The molecule has 0 atom stereocenters. The molecule has 3 aromatic carbocycles. The maximum atomic E-state index is 12.8. The fraction of sp³-hybridized carbons (Fsp3) is 0.167. The van der Waals surface area contributed by atoms with Crippen LogP contribution in [0.3, 0.4) is 0 Å². The van der Waals surface area contributed by atoms with Gasteiger partial charge in [0.1, 0.15) is 0 Å². The molecular weight excluding hydrogens is 477 g/mol. The number of halogens is 1. The summed E-state index contributed by atoms with van der Waals surface area (Å²) < 4.78 is 6.30. The number of esters is 1. The first-order valence-electron chi connectivity index (χ1n) is 9.40. The molecule has 0 saturated heterocycles. The van der Waals surface area contributed by atoms with E-state index in [9.17, 15) is 9.59 Å². The minimum absolute atomic E-state index is 0.205. The minimum atomic E-state index is -0.488. The Balaban J connectivity index is 1.62. The summed E-state index contributed by atoms with van der Waals surface area (Å²) in [4.78, 5) is 26.8. The molecule has 3 aromatic rings. The van der Waals surface area contributed by atoms with E-state index in [1.165, 1.54) is 0 Å². The van der Waals surface area contributed by atoms with Crippen LogP contribution in [-0.2, 0) is 22.5 Å². The Morgan fingerprint density at radius 2 is 1.38 bits per heavy atom. The summed E-state index contributed by atoms with van der Waals surface area (Å²) in [6.45, 7) is 0.763. The molecule has 29 heavy (non-hydrogen) atoms. The van der Waals surface area contributed by atoms with Gasteiger partial charge in [0.15, 0.2) is 6.61 Å². The SMILES string of the molecule is O=C(OCC(=O)N(CCc1ccccc1)Cc1ccccc1)c1ccc(I)cc1. The lowest BCUT2D eigenvalue weighted by atomic mass is 10.1. The van der Waals surface area contributed by atoms with Gasteiger partial charge in [-0.05, 0) is 64.4 Å². The van der Waals surface area contributed by atoms with Crippen LogP contribution in [0, 0.1) is 3.57 Å². The average molecular weight is 499 g/mol. The van der Waals surface area contributed by atoms with Crippen molar-refractivity contribution in [2.24, 2.45) is 0 Å². The van der Waals surface area contributed by atoms with Crippen molar-refractivity contribution in [3.05, 3.63) is 105 Å². The number of ether oxygens (including phenoxy) is 1. The number of hydrogen-bond donors (Lipinski definition) is 0. The Hall–Kier alpha value is -2.67. The second-order valence-electron chi connectivity index (χ2n) is 6.62. The molecule has 4 nitrogen and oxygen atoms in total. The molecule has 0 bridgehead atoms. The van der Waals surface area contributed by atoms with Crippen molar-refractivity contribution in [2.45, 2.75) is 13.0 Å². The van der Waals surface area contributed by atoms with Crippen LogP contribution in [0.1, 0.15) is 21.5 Å². The van der Waals surface area contributed by atoms with Crippen LogP contribution in [0.2, 0.25) is 0 Å². The van der Waals surface area contributed by atoms with Gasteiger partial charge in [0.2, 0.25) is 0 Å². The highest BCUT2D eigenvalue weighted by Crippen LogP contribution is 2.10. The molecule has 0 saturated carbocycles. The van der Waals surface area contributed by atoms with Crippen LogP contribution >= 0.6 is 22.6 Å². The van der Waals surface area contributed by atoms with Crippen molar-refractivity contribution in [3.63, 3.8) is 0 Å². The predicted molar refractivity (Wildman–Crippen MR) is 121 cm³/mol. The van der Waals surface area contributed by atoms with Crippen LogP contribution in [-0.4, -0.2) is 29.9 Å². The number of rotatable bonds is 8. The van der Waals surface area contributed by atoms with Crippen molar-refractivity contribution in [2.75, 3.05) is 13.2 Å². The van der Waals surface area contributed by atoms with E-state index in [2.05, 4.69) is 22.6 Å². The zero-order valence-corrected chi connectivity index (χ0v) is 18.1. The van der Waals surface area contributed by atoms with Gasteiger partial charge in [0, 0.05) is 16.7 Å². The van der Waals surface area contributed by atoms with Crippen molar-refractivity contribution in [1.82, 2.24) is 4.90 Å². The number of amides is 1. The third kappa shape index (κ3) is 6.71. The quantitative estimate of drug-likeness (QED) is 0.333. The van der Waals surface area contributed by atoms with E-state index in [1.54, 1.807) is 17.0 Å². The molecule has 5 heteroatoms. The fourth-order valence-electron chi connectivity index (χ4n) is 2.89. The molecule has 0 fully saturated rings. The molecule has 0 heterocycles. The normalized spacial score (nSPS) is 10.4. The van der Waals surface area contributed by atoms with Gasteiger partial charge in [-0.3, -0.25) is 4.79 Å². The van der Waals surface area contributed by atoms with Crippen molar-refractivity contribution in [1.29, 1.82) is 0 Å². The molecule has 148 valence electrons. The lowest BCUT2D eigenvalue weighted by molar-refractivity contribution is -0.135. The minimum Gasteiger partial charge on any atom is -0.452 e. The van der Waals surface area contributed by atoms with Crippen LogP contribution < -0.4 is 0 Å². The largest absolute Gasteiger partial charge is 0.452 e. The smallest absolute Gasteiger partial charge is 0.338 e. The van der Waals surface area contributed by atoms with E-state index in [0.29, 0.717) is 18.7 Å². The van der Waals surface area contributed by atoms with Gasteiger partial charge < -0.3 is 9.64 Å². The molecule has 0 aliphatic carbocycles. The lowest BCUT2D eigenvalue weighted by Crippen LogP contribution is -2.35. The van der Waals surface area contributed by atoms with Crippen LogP contribution in [0.4, 0.5) is 0 Å². The van der Waals surface area contributed by atoms with Gasteiger partial charge in [0.25, 0.3) is 5.91 Å². The van der Waals surface area contributed by atoms with Gasteiger partial charge in [-0.25, -0.2) is 4.79 Å². The zero-order valence-electron chi connectivity index (χ0n) is 16.0. The van der Waals surface area contributed by atoms with Gasteiger partial charge in [-0.2, -0.15) is 0 Å². The first-order valence-corrected chi connectivity index (χ1v) is 10.5. The molecule has 0 spiro atoms. The van der Waals surface area contributed by atoms with Crippen molar-refractivity contribution >= 4 is 34.5 Å². The molecule has 0 unspecified atom stereocenters. The maximum absolute atomic E-state index is 12.8. The molecule has 1 amide bonds. The fourth-order valence-corrected chi connectivity index (χ4v) is 3.25. The molecule has 0 aliphatic rings. The summed E-state index contributed by atoms with van der Waals surface area (Å²) in [7, 11) is 0. The number of carbonyl (C=O) groups excluding carboxylic acids is 2. The molecule has 0 radical (unpaired) electrons. The van der Waals surface area contributed by atoms with Crippen molar-refractivity contribution < 1.29 is 14.3 Å². The first kappa shape index (κ1) is 21.0. The predicted octanol–water partition coefficient (Wildman–Crippen LogP) is 4.72. The van der Waals surface area contributed by atoms with Gasteiger partial charge >= 0.3 is 5.97 Å². The molecule has 3 rings (SSSR count). The number of nitrogens with zero attached hydrogens (tertiary/aromatic N) is 1. The van der Waals surface area contributed by atoms with E-state index < -0.39 is 5.97 Å². The summed E-state index contributed by atoms with van der Waals surface area (Å²) >= 11 is 2.17. The third-order valence-electron chi connectivity index (χ3n) is 4.49. The lowest BCUT2D eigenvalue weighted by Gasteiger charge is -2.23. The van der Waals surface area contributed by atoms with E-state index in [-0.39, 0.29) is 12.5 Å². The topological polar surface area (TPSA) is 46.6 Å². The highest BCUT2D eigenvalue weighted by Gasteiger charge is 2.17. The van der Waals surface area contributed by atoms with Crippen LogP contribution in [0.25, 0.3) is 0 Å². The van der Waals surface area contributed by atoms with E-state index in [4.69, 9.17) is 4.74 Å². The third-order valence-corrected chi connectivity index (χ3v) is 5.21. The van der Waals surface area contributed by atoms with Crippen LogP contribution in [0.5, 0.6) is 0 Å². The number of benzene rings is 3. The Kier molecular flexibility index (Phi) is 7.81. The summed E-state index contributed by atoms with van der Waals surface area (Å²) in [5.74, 6) is -0.693. The zero-order chi connectivity index (χ0) is 20.5. The van der Waals surface area contributed by atoms with Gasteiger partial charge in [-0.15, -0.1) is 0 Å². The standard InChI is InChI=1S/C24H22INO3/c25-22-13-11-21(12-14-22)24(28)29-18-23(27)26(17-20-9-5-2-6-10-20)16-15-19-7-3-1-4-8-19/h1-14H,15-18H2. The second kappa shape index (κ2) is 10.8. The second-order valence-corrected chi connectivity index (χ2v) is 7.87. The molecule has 0 N–H and O–H groups in total. The van der Waals surface area contributed by atoms with Crippen molar-refractivity contribution in [3.8, 4) is 0 Å². The summed E-state index contributed by atoms with van der Waals surface area (Å²) in [5, 5.41) is 0. The maximum Gasteiger partial charge on any atom is 0.338 e. The average Bonchev–Trinajstić information content (AvgIpc) is 2.76. The Morgan fingerprint density at radius 3 is 2.00 bits per heavy atom. The monoisotopic (exact) mass is 499 g/mol. The van der Waals surface area contributed by atoms with Gasteiger partial charge in [0.05, 0.1) is 5.56 Å². The Labute approximate surface area is 184 Å². The Morgan fingerprint density at radius 1 is 0.793 bits per heavy atom. The molecule has 0 aromatic heterocycles. The summed E-state index contributed by atoms with van der Waals surface area (Å²) in [6, 6.07) is 26.9. The molecule has 0 aliphatic heterocycles. The van der Waals surface area contributed by atoms with E-state index >= 15 is 0 Å². The Bertz CT molecular complexity index is 927. The highest BCUT2D eigenvalue weighted by molar-refractivity contribution is 14.1. The van der Waals surface area contributed by atoms with E-state index in [0.717, 1.165) is 21.1 Å². The number of hydrogen-bond acceptors (Lipinski definition) is 3. The molecular formula is C24H22INO3. The summed E-state index contributed by atoms with van der Waals surface area (Å²) in [5.41, 5.74) is 2.64. The van der Waals surface area contributed by atoms with Crippen LogP contribution in [0.15, 0.2) is 84.9 Å².